The molecule has 1 saturated heterocycles. The molecule has 1 N–H and O–H groups in total. The fourth-order valence-corrected chi connectivity index (χ4v) is 5.02. The zero-order valence-electron chi connectivity index (χ0n) is 20.3. The van der Waals surface area contributed by atoms with Crippen LogP contribution in [0.25, 0.3) is 10.9 Å². The Morgan fingerprint density at radius 3 is 2.89 bits per heavy atom. The Balaban J connectivity index is 1.39. The molecule has 2 heterocycles. The van der Waals surface area contributed by atoms with Gasteiger partial charge < -0.3 is 9.84 Å². The molecule has 2 aromatic carbocycles. The van der Waals surface area contributed by atoms with E-state index < -0.39 is 12.1 Å². The molecule has 3 aromatic rings. The zero-order valence-corrected chi connectivity index (χ0v) is 20.3. The van der Waals surface area contributed by atoms with Gasteiger partial charge in [-0.05, 0) is 85.7 Å². The largest absolute Gasteiger partial charge is 0.497 e. The Morgan fingerprint density at radius 1 is 1.25 bits per heavy atom. The summed E-state index contributed by atoms with van der Waals surface area (Å²) in [5.41, 5.74) is 1.91. The molecule has 0 aliphatic carbocycles. The van der Waals surface area contributed by atoms with Gasteiger partial charge in [0.2, 0.25) is 0 Å². The highest BCUT2D eigenvalue weighted by atomic mass is 19.1. The second kappa shape index (κ2) is 12.0. The van der Waals surface area contributed by atoms with E-state index in [0.717, 1.165) is 18.4 Å². The lowest BCUT2D eigenvalue weighted by atomic mass is 9.79. The number of piperidine rings is 1. The van der Waals surface area contributed by atoms with Crippen molar-refractivity contribution in [3.8, 4) is 17.6 Å². The first-order chi connectivity index (χ1) is 17.4. The van der Waals surface area contributed by atoms with Gasteiger partial charge in [-0.15, -0.1) is 0 Å². The van der Waals surface area contributed by atoms with Crippen LogP contribution >= 0.6 is 0 Å². The van der Waals surface area contributed by atoms with Gasteiger partial charge in [0.1, 0.15) is 17.7 Å². The summed E-state index contributed by atoms with van der Waals surface area (Å²) in [5.74, 6) is 5.57. The van der Waals surface area contributed by atoms with Gasteiger partial charge in [0, 0.05) is 30.1 Å². The van der Waals surface area contributed by atoms with Gasteiger partial charge >= 0.3 is 5.97 Å². The molecule has 4 rings (SSSR count). The monoisotopic (exact) mass is 492 g/mol. The van der Waals surface area contributed by atoms with Crippen LogP contribution in [0.4, 0.5) is 8.78 Å². The maximum atomic E-state index is 15.4. The Morgan fingerprint density at radius 2 is 2.11 bits per heavy atom. The number of hydrogen-bond acceptors (Lipinski definition) is 4. The first kappa shape index (κ1) is 25.6. The van der Waals surface area contributed by atoms with Crippen molar-refractivity contribution in [2.24, 2.45) is 11.8 Å². The SMILES string of the molecule is COc1ccc2nccc(C(F)CC[C@@H]3CCN(CC#Cc4cccc(F)c4)C[C@@H]3CC(=O)O)c2c1. The average molecular weight is 493 g/mol. The number of benzene rings is 2. The van der Waals surface area contributed by atoms with Crippen LogP contribution in [-0.4, -0.2) is 47.7 Å². The predicted octanol–water partition coefficient (Wildman–Crippen LogP) is 5.64. The van der Waals surface area contributed by atoms with Crippen molar-refractivity contribution in [2.75, 3.05) is 26.7 Å². The third-order valence-electron chi connectivity index (χ3n) is 6.88. The van der Waals surface area contributed by atoms with Crippen molar-refractivity contribution in [3.63, 3.8) is 0 Å². The first-order valence-electron chi connectivity index (χ1n) is 12.2. The summed E-state index contributed by atoms with van der Waals surface area (Å²) in [6.45, 7) is 1.85. The van der Waals surface area contributed by atoms with Gasteiger partial charge in [0.15, 0.2) is 0 Å². The summed E-state index contributed by atoms with van der Waals surface area (Å²) in [5, 5.41) is 10.2. The van der Waals surface area contributed by atoms with Crippen molar-refractivity contribution >= 4 is 16.9 Å². The van der Waals surface area contributed by atoms with Gasteiger partial charge in [0.25, 0.3) is 0 Å². The van der Waals surface area contributed by atoms with E-state index >= 15 is 4.39 Å². The molecule has 1 aliphatic heterocycles. The first-order valence-corrected chi connectivity index (χ1v) is 12.2. The van der Waals surface area contributed by atoms with E-state index in [1.54, 1.807) is 43.6 Å². The molecule has 0 amide bonds. The van der Waals surface area contributed by atoms with Gasteiger partial charge in [-0.2, -0.15) is 0 Å². The lowest BCUT2D eigenvalue weighted by molar-refractivity contribution is -0.139. The van der Waals surface area contributed by atoms with Gasteiger partial charge in [-0.25, -0.2) is 8.78 Å². The summed E-state index contributed by atoms with van der Waals surface area (Å²) < 4.78 is 34.1. The molecule has 0 saturated carbocycles. The Kier molecular flexibility index (Phi) is 8.50. The quantitative estimate of drug-likeness (QED) is 0.413. The summed E-state index contributed by atoms with van der Waals surface area (Å²) in [6.07, 6.45) is 2.20. The number of likely N-dealkylation sites (tertiary alicyclic amines) is 1. The number of carboxylic acid groups (broad SMARTS) is 1. The van der Waals surface area contributed by atoms with Crippen LogP contribution in [0.15, 0.2) is 54.7 Å². The molecule has 1 aliphatic rings. The number of carboxylic acids is 1. The average Bonchev–Trinajstić information content (AvgIpc) is 2.87. The third-order valence-corrected chi connectivity index (χ3v) is 6.88. The number of ether oxygens (including phenoxy) is 1. The van der Waals surface area contributed by atoms with Gasteiger partial charge in [-0.1, -0.05) is 17.9 Å². The molecule has 5 nitrogen and oxygen atoms in total. The topological polar surface area (TPSA) is 62.7 Å². The van der Waals surface area contributed by atoms with E-state index in [2.05, 4.69) is 21.7 Å². The van der Waals surface area contributed by atoms with Crippen molar-refractivity contribution in [2.45, 2.75) is 31.9 Å². The van der Waals surface area contributed by atoms with Crippen LogP contribution < -0.4 is 4.74 Å². The zero-order chi connectivity index (χ0) is 25.5. The van der Waals surface area contributed by atoms with Crippen LogP contribution in [0.5, 0.6) is 5.75 Å². The Hall–Kier alpha value is -3.50. The number of methoxy groups -OCH3 is 1. The maximum Gasteiger partial charge on any atom is 0.303 e. The minimum absolute atomic E-state index is 0.0465. The Bertz CT molecular complexity index is 1270. The molecule has 1 unspecified atom stereocenters. The number of alkyl halides is 1. The fraction of sp³-hybridized carbons (Fsp3) is 0.379. The second-order valence-corrected chi connectivity index (χ2v) is 9.28. The number of nitrogens with zero attached hydrogens (tertiary/aromatic N) is 2. The summed E-state index contributed by atoms with van der Waals surface area (Å²) in [4.78, 5) is 18.0. The van der Waals surface area contributed by atoms with Crippen LogP contribution in [0.1, 0.15) is 43.0 Å². The summed E-state index contributed by atoms with van der Waals surface area (Å²) >= 11 is 0. The van der Waals surface area contributed by atoms with E-state index in [9.17, 15) is 14.3 Å². The smallest absolute Gasteiger partial charge is 0.303 e. The fourth-order valence-electron chi connectivity index (χ4n) is 5.02. The van der Waals surface area contributed by atoms with Crippen LogP contribution in [0.2, 0.25) is 0 Å². The normalized spacial score (nSPS) is 18.9. The van der Waals surface area contributed by atoms with Crippen LogP contribution in [0.3, 0.4) is 0 Å². The van der Waals surface area contributed by atoms with Crippen molar-refractivity contribution < 1.29 is 23.4 Å². The molecule has 0 bridgehead atoms. The molecular weight excluding hydrogens is 462 g/mol. The molecule has 1 aromatic heterocycles. The Labute approximate surface area is 210 Å². The molecular formula is C29H30F2N2O3. The molecule has 0 spiro atoms. The highest BCUT2D eigenvalue weighted by Gasteiger charge is 2.31. The lowest BCUT2D eigenvalue weighted by Crippen LogP contribution is -2.41. The van der Waals surface area contributed by atoms with Gasteiger partial charge in [-0.3, -0.25) is 14.7 Å². The number of halogens is 2. The van der Waals surface area contributed by atoms with E-state index in [-0.39, 0.29) is 24.1 Å². The molecule has 188 valence electrons. The van der Waals surface area contributed by atoms with E-state index in [1.807, 2.05) is 6.07 Å². The van der Waals surface area contributed by atoms with Crippen molar-refractivity contribution in [1.82, 2.24) is 9.88 Å². The molecule has 1 fully saturated rings. The number of pyridine rings is 1. The number of hydrogen-bond donors (Lipinski definition) is 1. The third kappa shape index (κ3) is 6.58. The number of aromatic nitrogens is 1. The predicted molar refractivity (Wildman–Crippen MR) is 135 cm³/mol. The lowest BCUT2D eigenvalue weighted by Gasteiger charge is -2.37. The maximum absolute atomic E-state index is 15.4. The van der Waals surface area contributed by atoms with E-state index in [4.69, 9.17) is 4.74 Å². The number of rotatable bonds is 8. The van der Waals surface area contributed by atoms with Crippen molar-refractivity contribution in [3.05, 3.63) is 71.7 Å². The highest BCUT2D eigenvalue weighted by Crippen LogP contribution is 2.36. The van der Waals surface area contributed by atoms with E-state index in [0.29, 0.717) is 48.3 Å². The number of fused-ring (bicyclic) bond motifs is 1. The molecule has 3 atom stereocenters. The molecule has 36 heavy (non-hydrogen) atoms. The highest BCUT2D eigenvalue weighted by molar-refractivity contribution is 5.83. The van der Waals surface area contributed by atoms with Gasteiger partial charge in [0.05, 0.1) is 19.2 Å². The summed E-state index contributed by atoms with van der Waals surface area (Å²) in [6, 6.07) is 13.3. The minimum Gasteiger partial charge on any atom is -0.497 e. The molecule has 7 heteroatoms. The minimum atomic E-state index is -1.18. The number of aliphatic carboxylic acids is 1. The standard InChI is InChI=1S/C29H30F2N2O3/c1-36-24-8-10-28-26(18-24)25(11-13-32-28)27(31)9-7-21-12-15-33(19-22(21)17-29(34)35)14-3-5-20-4-2-6-23(30)16-20/h2,4,6,8,10-11,13,16,18,21-22,27H,7,9,12,14-15,17,19H2,1H3,(H,34,35)/t21-,22+,27?/m1/s1. The molecule has 0 radical (unpaired) electrons. The van der Waals surface area contributed by atoms with E-state index in [1.165, 1.54) is 12.1 Å². The summed E-state index contributed by atoms with van der Waals surface area (Å²) in [7, 11) is 1.58. The van der Waals surface area contributed by atoms with Crippen LogP contribution in [0, 0.1) is 29.5 Å². The van der Waals surface area contributed by atoms with Crippen molar-refractivity contribution in [1.29, 1.82) is 0 Å². The number of carbonyl (C=O) groups is 1. The van der Waals surface area contributed by atoms with Crippen LogP contribution in [-0.2, 0) is 4.79 Å². The second-order valence-electron chi connectivity index (χ2n) is 9.28.